The van der Waals surface area contributed by atoms with Gasteiger partial charge in [-0.15, -0.1) is 0 Å². The summed E-state index contributed by atoms with van der Waals surface area (Å²) in [6.45, 7) is 6.42. The van der Waals surface area contributed by atoms with Crippen LogP contribution < -0.4 is 0 Å². The van der Waals surface area contributed by atoms with Crippen molar-refractivity contribution in [2.24, 2.45) is 0 Å². The number of ether oxygens (including phenoxy) is 3. The summed E-state index contributed by atoms with van der Waals surface area (Å²) in [6, 6.07) is 0. The number of carbonyl (C=O) groups excluding carboxylic acids is 3. The Bertz CT molecular complexity index is 1110. The molecule has 0 heterocycles. The van der Waals surface area contributed by atoms with Gasteiger partial charge in [-0.2, -0.15) is 0 Å². The summed E-state index contributed by atoms with van der Waals surface area (Å²) in [5, 5.41) is 0. The summed E-state index contributed by atoms with van der Waals surface area (Å²) in [7, 11) is 0. The van der Waals surface area contributed by atoms with Gasteiger partial charge in [0, 0.05) is 19.3 Å². The molecule has 1 unspecified atom stereocenters. The van der Waals surface area contributed by atoms with Gasteiger partial charge >= 0.3 is 17.9 Å². The molecule has 0 aromatic rings. The second-order valence-electron chi connectivity index (χ2n) is 15.6. The van der Waals surface area contributed by atoms with Crippen molar-refractivity contribution in [3.05, 3.63) is 72.9 Å². The average molecular weight is 809 g/mol. The molecular weight excluding hydrogens is 721 g/mol. The van der Waals surface area contributed by atoms with Crippen molar-refractivity contribution in [2.75, 3.05) is 13.2 Å². The van der Waals surface area contributed by atoms with Crippen molar-refractivity contribution in [2.45, 2.75) is 226 Å². The SMILES string of the molecule is CC/C=C\C/C=C\C/C=C\C/C=C\C/C=C\C/C=C\CCCCCCC(=O)OCC(COC(=O)CCCCCCCC)OC(=O)CCCCCCCCCCCCC. The monoisotopic (exact) mass is 809 g/mol. The number of unbranched alkanes of at least 4 members (excludes halogenated alkanes) is 19. The Morgan fingerprint density at radius 2 is 0.672 bits per heavy atom. The van der Waals surface area contributed by atoms with E-state index in [9.17, 15) is 14.4 Å². The predicted molar refractivity (Wildman–Crippen MR) is 247 cm³/mol. The molecule has 1 atom stereocenters. The Morgan fingerprint density at radius 3 is 1.05 bits per heavy atom. The second-order valence-corrected chi connectivity index (χ2v) is 15.6. The van der Waals surface area contributed by atoms with E-state index in [2.05, 4.69) is 93.7 Å². The predicted octanol–water partition coefficient (Wildman–Crippen LogP) is 15.5. The van der Waals surface area contributed by atoms with Gasteiger partial charge in [0.25, 0.3) is 0 Å². The van der Waals surface area contributed by atoms with Crippen molar-refractivity contribution < 1.29 is 28.6 Å². The zero-order valence-corrected chi connectivity index (χ0v) is 37.8. The van der Waals surface area contributed by atoms with Crippen LogP contribution in [-0.2, 0) is 28.6 Å². The van der Waals surface area contributed by atoms with E-state index in [0.717, 1.165) is 109 Å². The molecule has 0 aromatic carbocycles. The van der Waals surface area contributed by atoms with Crippen LogP contribution in [0.3, 0.4) is 0 Å². The lowest BCUT2D eigenvalue weighted by atomic mass is 10.1. The molecule has 332 valence electrons. The van der Waals surface area contributed by atoms with Crippen molar-refractivity contribution in [1.82, 2.24) is 0 Å². The highest BCUT2D eigenvalue weighted by atomic mass is 16.6. The van der Waals surface area contributed by atoms with Crippen LogP contribution in [-0.4, -0.2) is 37.2 Å². The van der Waals surface area contributed by atoms with Crippen molar-refractivity contribution in [3.63, 3.8) is 0 Å². The van der Waals surface area contributed by atoms with Gasteiger partial charge in [0.1, 0.15) is 13.2 Å². The van der Waals surface area contributed by atoms with Crippen molar-refractivity contribution >= 4 is 17.9 Å². The highest BCUT2D eigenvalue weighted by molar-refractivity contribution is 5.71. The first-order valence-corrected chi connectivity index (χ1v) is 23.9. The second kappa shape index (κ2) is 46.5. The van der Waals surface area contributed by atoms with Crippen LogP contribution in [0.1, 0.15) is 220 Å². The molecule has 0 radical (unpaired) electrons. The zero-order valence-electron chi connectivity index (χ0n) is 37.8. The number of hydrogen-bond acceptors (Lipinski definition) is 6. The van der Waals surface area contributed by atoms with Crippen LogP contribution >= 0.6 is 0 Å². The van der Waals surface area contributed by atoms with Crippen LogP contribution in [0.2, 0.25) is 0 Å². The molecular formula is C52H88O6. The quantitative estimate of drug-likeness (QED) is 0.0264. The molecule has 0 aromatic heterocycles. The van der Waals surface area contributed by atoms with Crippen LogP contribution in [0.25, 0.3) is 0 Å². The van der Waals surface area contributed by atoms with E-state index < -0.39 is 6.10 Å². The van der Waals surface area contributed by atoms with E-state index in [1.54, 1.807) is 0 Å². The molecule has 6 heteroatoms. The fourth-order valence-electron chi connectivity index (χ4n) is 6.38. The molecule has 0 amide bonds. The maximum Gasteiger partial charge on any atom is 0.306 e. The number of hydrogen-bond donors (Lipinski definition) is 0. The topological polar surface area (TPSA) is 78.9 Å². The third-order valence-corrected chi connectivity index (χ3v) is 9.98. The minimum Gasteiger partial charge on any atom is -0.462 e. The fourth-order valence-corrected chi connectivity index (χ4v) is 6.38. The summed E-state index contributed by atoms with van der Waals surface area (Å²) in [4.78, 5) is 37.6. The van der Waals surface area contributed by atoms with E-state index >= 15 is 0 Å². The zero-order chi connectivity index (χ0) is 42.3. The highest BCUT2D eigenvalue weighted by Gasteiger charge is 2.19. The molecule has 0 bridgehead atoms. The molecule has 0 saturated heterocycles. The van der Waals surface area contributed by atoms with Gasteiger partial charge in [-0.25, -0.2) is 0 Å². The molecule has 0 rings (SSSR count). The summed E-state index contributed by atoms with van der Waals surface area (Å²) in [5.41, 5.74) is 0. The molecule has 0 fully saturated rings. The molecule has 0 saturated carbocycles. The Morgan fingerprint density at radius 1 is 0.362 bits per heavy atom. The van der Waals surface area contributed by atoms with Crippen LogP contribution in [0.4, 0.5) is 0 Å². The summed E-state index contributed by atoms with van der Waals surface area (Å²) < 4.78 is 16.6. The molecule has 6 nitrogen and oxygen atoms in total. The van der Waals surface area contributed by atoms with Crippen LogP contribution in [0.15, 0.2) is 72.9 Å². The normalized spacial score (nSPS) is 12.7. The smallest absolute Gasteiger partial charge is 0.306 e. The van der Waals surface area contributed by atoms with E-state index in [4.69, 9.17) is 14.2 Å². The van der Waals surface area contributed by atoms with E-state index in [0.29, 0.717) is 19.3 Å². The molecule has 0 N–H and O–H groups in total. The Balaban J connectivity index is 4.25. The third-order valence-electron chi connectivity index (χ3n) is 9.98. The first kappa shape index (κ1) is 54.9. The summed E-state index contributed by atoms with van der Waals surface area (Å²) in [5.74, 6) is -0.921. The molecule has 0 aliphatic carbocycles. The highest BCUT2D eigenvalue weighted by Crippen LogP contribution is 2.14. The maximum absolute atomic E-state index is 12.7. The lowest BCUT2D eigenvalue weighted by Crippen LogP contribution is -2.30. The standard InChI is InChI=1S/C52H88O6/c1-4-7-10-13-16-18-20-21-22-23-24-25-26-27-28-29-30-31-33-34-36-39-42-45-51(54)57-48-49(47-56-50(53)44-41-38-15-12-9-6-3)58-52(55)46-43-40-37-35-32-19-17-14-11-8-5-2/h7,10,16,18,21-22,24-25,27-28,30-31,49H,4-6,8-9,11-15,17,19-20,23,26,29,32-48H2,1-3H3/b10-7-,18-16-,22-21-,25-24-,28-27-,31-30-. The van der Waals surface area contributed by atoms with Gasteiger partial charge in [-0.3, -0.25) is 14.4 Å². The third kappa shape index (κ3) is 44.0. The largest absolute Gasteiger partial charge is 0.462 e. The van der Waals surface area contributed by atoms with Gasteiger partial charge in [0.2, 0.25) is 0 Å². The number of rotatable bonds is 42. The average Bonchev–Trinajstić information content (AvgIpc) is 3.22. The summed E-state index contributed by atoms with van der Waals surface area (Å²) >= 11 is 0. The number of carbonyl (C=O) groups is 3. The fraction of sp³-hybridized carbons (Fsp3) is 0.712. The molecule has 0 spiro atoms. The summed E-state index contributed by atoms with van der Waals surface area (Å²) in [6.07, 6.45) is 57.6. The van der Waals surface area contributed by atoms with E-state index in [1.807, 2.05) is 0 Å². The molecule has 0 aliphatic rings. The lowest BCUT2D eigenvalue weighted by Gasteiger charge is -2.18. The number of esters is 3. The van der Waals surface area contributed by atoms with Crippen molar-refractivity contribution in [3.8, 4) is 0 Å². The molecule has 0 aliphatic heterocycles. The first-order valence-electron chi connectivity index (χ1n) is 23.9. The van der Waals surface area contributed by atoms with Crippen LogP contribution in [0.5, 0.6) is 0 Å². The van der Waals surface area contributed by atoms with Gasteiger partial charge in [0.15, 0.2) is 6.10 Å². The van der Waals surface area contributed by atoms with Gasteiger partial charge in [-0.1, -0.05) is 203 Å². The van der Waals surface area contributed by atoms with Crippen LogP contribution in [0, 0.1) is 0 Å². The lowest BCUT2D eigenvalue weighted by molar-refractivity contribution is -0.167. The van der Waals surface area contributed by atoms with E-state index in [1.165, 1.54) is 70.6 Å². The van der Waals surface area contributed by atoms with Gasteiger partial charge < -0.3 is 14.2 Å². The minimum absolute atomic E-state index is 0.0828. The van der Waals surface area contributed by atoms with Crippen molar-refractivity contribution in [1.29, 1.82) is 0 Å². The Labute approximate surface area is 357 Å². The van der Waals surface area contributed by atoms with E-state index in [-0.39, 0.29) is 31.1 Å². The first-order chi connectivity index (χ1) is 28.5. The van der Waals surface area contributed by atoms with Gasteiger partial charge in [0.05, 0.1) is 0 Å². The molecule has 58 heavy (non-hydrogen) atoms. The van der Waals surface area contributed by atoms with Gasteiger partial charge in [-0.05, 0) is 70.6 Å². The Hall–Kier alpha value is -3.15. The number of allylic oxidation sites excluding steroid dienone is 12. The Kier molecular flexibility index (Phi) is 44.0. The minimum atomic E-state index is -0.779. The maximum atomic E-state index is 12.7.